The second-order valence-corrected chi connectivity index (χ2v) is 2.70. The third-order valence-electron chi connectivity index (χ3n) is 1.04. The minimum atomic E-state index is -0.447. The van der Waals surface area contributed by atoms with Gasteiger partial charge in [0.25, 0.3) is 0 Å². The van der Waals surface area contributed by atoms with Gasteiger partial charge in [-0.3, -0.25) is 4.79 Å². The molecule has 0 heterocycles. The van der Waals surface area contributed by atoms with Crippen LogP contribution >= 0.6 is 11.6 Å². The van der Waals surface area contributed by atoms with Gasteiger partial charge in [-0.25, -0.2) is 0 Å². The topological polar surface area (TPSA) is 55.1 Å². The van der Waals surface area contributed by atoms with Gasteiger partial charge < -0.3 is 11.1 Å². The maximum atomic E-state index is 10.7. The molecule has 0 aliphatic rings. The van der Waals surface area contributed by atoms with E-state index in [4.69, 9.17) is 17.3 Å². The van der Waals surface area contributed by atoms with E-state index in [1.807, 2.05) is 0 Å². The molecule has 0 aliphatic carbocycles. The van der Waals surface area contributed by atoms with Gasteiger partial charge in [0.1, 0.15) is 5.38 Å². The van der Waals surface area contributed by atoms with Crippen LogP contribution in [0.3, 0.4) is 0 Å². The van der Waals surface area contributed by atoms with E-state index in [2.05, 4.69) is 5.32 Å². The van der Waals surface area contributed by atoms with Crippen molar-refractivity contribution in [1.82, 2.24) is 5.32 Å². The second-order valence-electron chi connectivity index (χ2n) is 2.05. The first-order chi connectivity index (χ1) is 4.68. The van der Waals surface area contributed by atoms with Crippen molar-refractivity contribution in [2.45, 2.75) is 18.7 Å². The molecule has 0 bridgehead atoms. The molecule has 0 aromatic rings. The second kappa shape index (κ2) is 5.50. The van der Waals surface area contributed by atoms with Crippen molar-refractivity contribution in [1.29, 1.82) is 0 Å². The van der Waals surface area contributed by atoms with E-state index in [-0.39, 0.29) is 5.91 Å². The molecule has 0 aliphatic heterocycles. The first-order valence-corrected chi connectivity index (χ1v) is 3.74. The van der Waals surface area contributed by atoms with Gasteiger partial charge >= 0.3 is 0 Å². The lowest BCUT2D eigenvalue weighted by molar-refractivity contribution is -0.120. The zero-order valence-electron chi connectivity index (χ0n) is 6.06. The molecule has 1 atom stereocenters. The molecule has 1 amide bonds. The summed E-state index contributed by atoms with van der Waals surface area (Å²) in [5.74, 6) is -0.130. The van der Waals surface area contributed by atoms with Crippen molar-refractivity contribution in [3.8, 4) is 0 Å². The van der Waals surface area contributed by atoms with Crippen molar-refractivity contribution in [2.24, 2.45) is 5.73 Å². The first-order valence-electron chi connectivity index (χ1n) is 3.30. The first kappa shape index (κ1) is 9.72. The zero-order valence-corrected chi connectivity index (χ0v) is 6.82. The molecule has 60 valence electrons. The number of alkyl halides is 1. The highest BCUT2D eigenvalue weighted by Crippen LogP contribution is 1.91. The lowest BCUT2D eigenvalue weighted by Crippen LogP contribution is -2.31. The Kier molecular flexibility index (Phi) is 5.35. The van der Waals surface area contributed by atoms with Crippen LogP contribution in [0.4, 0.5) is 0 Å². The Morgan fingerprint density at radius 1 is 1.80 bits per heavy atom. The molecule has 0 aromatic heterocycles. The van der Waals surface area contributed by atoms with Gasteiger partial charge in [-0.1, -0.05) is 0 Å². The molecular weight excluding hydrogens is 152 g/mol. The van der Waals surface area contributed by atoms with Crippen LogP contribution in [0, 0.1) is 0 Å². The fraction of sp³-hybridized carbons (Fsp3) is 0.833. The fourth-order valence-corrected chi connectivity index (χ4v) is 0.531. The van der Waals surface area contributed by atoms with Gasteiger partial charge in [-0.15, -0.1) is 11.6 Å². The van der Waals surface area contributed by atoms with Gasteiger partial charge in [0.15, 0.2) is 0 Å². The van der Waals surface area contributed by atoms with E-state index in [0.29, 0.717) is 13.1 Å². The van der Waals surface area contributed by atoms with Gasteiger partial charge in [0.2, 0.25) is 5.91 Å². The smallest absolute Gasteiger partial charge is 0.237 e. The molecule has 0 saturated carbocycles. The molecule has 0 aromatic carbocycles. The summed E-state index contributed by atoms with van der Waals surface area (Å²) in [5.41, 5.74) is 5.21. The number of rotatable bonds is 4. The third-order valence-corrected chi connectivity index (χ3v) is 1.24. The number of carbonyl (C=O) groups excluding carboxylic acids is 1. The lowest BCUT2D eigenvalue weighted by atomic mass is 10.4. The maximum absolute atomic E-state index is 10.7. The van der Waals surface area contributed by atoms with Crippen LogP contribution in [0.1, 0.15) is 13.3 Å². The Hall–Kier alpha value is -0.280. The third kappa shape index (κ3) is 4.58. The minimum Gasteiger partial charge on any atom is -0.355 e. The number of carbonyl (C=O) groups is 1. The quantitative estimate of drug-likeness (QED) is 0.457. The predicted molar refractivity (Wildman–Crippen MR) is 42.0 cm³/mol. The van der Waals surface area contributed by atoms with E-state index >= 15 is 0 Å². The Labute approximate surface area is 65.9 Å². The zero-order chi connectivity index (χ0) is 7.98. The summed E-state index contributed by atoms with van der Waals surface area (Å²) in [5, 5.41) is 2.19. The fourth-order valence-electron chi connectivity index (χ4n) is 0.454. The summed E-state index contributed by atoms with van der Waals surface area (Å²) in [6.45, 7) is 2.85. The van der Waals surface area contributed by atoms with Crippen molar-refractivity contribution in [3.05, 3.63) is 0 Å². The van der Waals surface area contributed by atoms with E-state index in [1.54, 1.807) is 6.92 Å². The SMILES string of the molecule is CC(Cl)C(=O)NCCCN. The number of amides is 1. The van der Waals surface area contributed by atoms with E-state index < -0.39 is 5.38 Å². The summed E-state index contributed by atoms with van der Waals surface area (Å²) in [4.78, 5) is 10.7. The van der Waals surface area contributed by atoms with Crippen LogP contribution in [0.15, 0.2) is 0 Å². The molecular formula is C6H13ClN2O. The maximum Gasteiger partial charge on any atom is 0.237 e. The van der Waals surface area contributed by atoms with Gasteiger partial charge in [-0.2, -0.15) is 0 Å². The van der Waals surface area contributed by atoms with Crippen LogP contribution in [0.2, 0.25) is 0 Å². The van der Waals surface area contributed by atoms with E-state index in [9.17, 15) is 4.79 Å². The number of halogens is 1. The molecule has 0 radical (unpaired) electrons. The molecule has 3 nitrogen and oxygen atoms in total. The van der Waals surface area contributed by atoms with E-state index in [0.717, 1.165) is 6.42 Å². The highest BCUT2D eigenvalue weighted by molar-refractivity contribution is 6.30. The van der Waals surface area contributed by atoms with Crippen molar-refractivity contribution in [3.63, 3.8) is 0 Å². The van der Waals surface area contributed by atoms with Crippen molar-refractivity contribution >= 4 is 17.5 Å². The Balaban J connectivity index is 3.22. The lowest BCUT2D eigenvalue weighted by Gasteiger charge is -2.03. The van der Waals surface area contributed by atoms with Crippen molar-refractivity contribution in [2.75, 3.05) is 13.1 Å². The van der Waals surface area contributed by atoms with Crippen LogP contribution in [0.5, 0.6) is 0 Å². The Morgan fingerprint density at radius 3 is 2.80 bits per heavy atom. The molecule has 4 heteroatoms. The molecule has 0 fully saturated rings. The molecule has 0 spiro atoms. The highest BCUT2D eigenvalue weighted by Gasteiger charge is 2.06. The normalized spacial score (nSPS) is 12.7. The number of nitrogens with one attached hydrogen (secondary N) is 1. The molecule has 3 N–H and O–H groups in total. The van der Waals surface area contributed by atoms with Crippen LogP contribution in [-0.2, 0) is 4.79 Å². The predicted octanol–water partition coefficient (Wildman–Crippen LogP) is 0.0787. The summed E-state index contributed by atoms with van der Waals surface area (Å²) >= 11 is 5.46. The molecule has 0 saturated heterocycles. The Bertz CT molecular complexity index is 106. The Morgan fingerprint density at radius 2 is 2.40 bits per heavy atom. The summed E-state index contributed by atoms with van der Waals surface area (Å²) < 4.78 is 0. The van der Waals surface area contributed by atoms with Gasteiger partial charge in [0.05, 0.1) is 0 Å². The summed E-state index contributed by atoms with van der Waals surface area (Å²) in [6, 6.07) is 0. The summed E-state index contributed by atoms with van der Waals surface area (Å²) in [6.07, 6.45) is 0.801. The average molecular weight is 165 g/mol. The van der Waals surface area contributed by atoms with Crippen LogP contribution in [-0.4, -0.2) is 24.4 Å². The monoisotopic (exact) mass is 164 g/mol. The van der Waals surface area contributed by atoms with Gasteiger partial charge in [0, 0.05) is 6.54 Å². The highest BCUT2D eigenvalue weighted by atomic mass is 35.5. The van der Waals surface area contributed by atoms with E-state index in [1.165, 1.54) is 0 Å². The molecule has 10 heavy (non-hydrogen) atoms. The molecule has 0 rings (SSSR count). The van der Waals surface area contributed by atoms with Gasteiger partial charge in [-0.05, 0) is 19.9 Å². The van der Waals surface area contributed by atoms with Crippen LogP contribution < -0.4 is 11.1 Å². The minimum absolute atomic E-state index is 0.130. The largest absolute Gasteiger partial charge is 0.355 e. The molecule has 1 unspecified atom stereocenters. The average Bonchev–Trinajstić information content (AvgIpc) is 1.88. The standard InChI is InChI=1S/C6H13ClN2O/c1-5(7)6(10)9-4-2-3-8/h5H,2-4,8H2,1H3,(H,9,10). The van der Waals surface area contributed by atoms with Crippen LogP contribution in [0.25, 0.3) is 0 Å². The number of hydrogen-bond donors (Lipinski definition) is 2. The summed E-state index contributed by atoms with van der Waals surface area (Å²) in [7, 11) is 0. The number of hydrogen-bond acceptors (Lipinski definition) is 2. The van der Waals surface area contributed by atoms with Crippen molar-refractivity contribution < 1.29 is 4.79 Å². The number of nitrogens with two attached hydrogens (primary N) is 1.